The first-order valence-corrected chi connectivity index (χ1v) is 14.6. The van der Waals surface area contributed by atoms with E-state index in [1.54, 1.807) is 24.3 Å². The third-order valence-electron chi connectivity index (χ3n) is 6.77. The van der Waals surface area contributed by atoms with Gasteiger partial charge in [-0.3, -0.25) is 9.59 Å². The lowest BCUT2D eigenvalue weighted by atomic mass is 10.1. The summed E-state index contributed by atoms with van der Waals surface area (Å²) in [5.41, 5.74) is 1.14. The third kappa shape index (κ3) is 6.62. The second-order valence-corrected chi connectivity index (χ2v) is 11.2. The molecule has 3 aromatic carbocycles. The van der Waals surface area contributed by atoms with Crippen LogP contribution in [0.5, 0.6) is 5.75 Å². The number of fused-ring (bicyclic) bond motifs is 1. The largest absolute Gasteiger partial charge is 0.481 e. The highest BCUT2D eigenvalue weighted by atomic mass is 32.2. The fraction of sp³-hybridized carbons (Fsp3) is 0.290. The number of carbonyl (C=O) groups excluding carboxylic acids is 2. The van der Waals surface area contributed by atoms with Crippen LogP contribution in [0.25, 0.3) is 0 Å². The lowest BCUT2D eigenvalue weighted by molar-refractivity contribution is -0.144. The van der Waals surface area contributed by atoms with E-state index in [0.29, 0.717) is 30.2 Å². The summed E-state index contributed by atoms with van der Waals surface area (Å²) in [6.45, 7) is 3.75. The maximum atomic E-state index is 14.4. The van der Waals surface area contributed by atoms with Gasteiger partial charge >= 0.3 is 5.97 Å². The van der Waals surface area contributed by atoms with Crippen molar-refractivity contribution >= 4 is 27.6 Å². The number of para-hydroxylation sites is 1. The molecule has 1 aliphatic heterocycles. The molecule has 0 radical (unpaired) electrons. The van der Waals surface area contributed by atoms with Crippen LogP contribution in [0.1, 0.15) is 28.4 Å². The molecule has 1 amide bonds. The Hall–Kier alpha value is -4.24. The molecule has 3 aromatic rings. The minimum Gasteiger partial charge on any atom is -0.481 e. The topological polar surface area (TPSA) is 102 Å². The number of ether oxygens (including phenoxy) is 3. The number of esters is 1. The molecule has 4 rings (SSSR count). The Morgan fingerprint density at radius 3 is 2.43 bits per heavy atom. The smallest absolute Gasteiger partial charge is 0.326 e. The highest BCUT2D eigenvalue weighted by Gasteiger charge is 2.42. The highest BCUT2D eigenvalue weighted by molar-refractivity contribution is 7.89. The molecule has 0 saturated heterocycles. The van der Waals surface area contributed by atoms with E-state index in [1.807, 2.05) is 6.92 Å². The second-order valence-electron chi connectivity index (χ2n) is 9.30. The minimum atomic E-state index is -4.28. The Balaban J connectivity index is 1.68. The van der Waals surface area contributed by atoms with Crippen molar-refractivity contribution in [2.45, 2.75) is 31.3 Å². The first kappa shape index (κ1) is 30.7. The number of rotatable bonds is 8. The van der Waals surface area contributed by atoms with E-state index in [9.17, 15) is 22.4 Å². The van der Waals surface area contributed by atoms with Crippen LogP contribution in [-0.4, -0.2) is 64.1 Å². The molecule has 0 spiro atoms. The summed E-state index contributed by atoms with van der Waals surface area (Å²) in [4.78, 5) is 28.1. The van der Waals surface area contributed by atoms with Gasteiger partial charge in [-0.2, -0.15) is 4.31 Å². The standard InChI is InChI=1S/C31H31FN2O7S/c1-4-40-18-7-8-19-41-24-14-16-25(17-15-24)42(37,38)34-20-23-10-5-6-13-28(23)33(21-29(34)31(36)39-3)30(35)26-11-9-12-27(32)22(26)2/h5-6,9-17,29H,4,18-21H2,1-3H3. The number of sulfonamides is 1. The molecule has 1 heterocycles. The van der Waals surface area contributed by atoms with E-state index < -0.39 is 33.8 Å². The number of carbonyl (C=O) groups is 2. The van der Waals surface area contributed by atoms with Crippen molar-refractivity contribution in [3.63, 3.8) is 0 Å². The summed E-state index contributed by atoms with van der Waals surface area (Å²) >= 11 is 0. The molecule has 9 nitrogen and oxygen atoms in total. The van der Waals surface area contributed by atoms with Crippen LogP contribution in [0.2, 0.25) is 0 Å². The first-order valence-electron chi connectivity index (χ1n) is 13.2. The monoisotopic (exact) mass is 594 g/mol. The molecule has 0 bridgehead atoms. The maximum absolute atomic E-state index is 14.4. The summed E-state index contributed by atoms with van der Waals surface area (Å²) in [5.74, 6) is 4.06. The normalized spacial score (nSPS) is 15.1. The number of methoxy groups -OCH3 is 1. The lowest BCUT2D eigenvalue weighted by Crippen LogP contribution is -2.50. The van der Waals surface area contributed by atoms with E-state index in [4.69, 9.17) is 14.2 Å². The fourth-order valence-electron chi connectivity index (χ4n) is 4.52. The summed E-state index contributed by atoms with van der Waals surface area (Å²) in [5, 5.41) is 0. The van der Waals surface area contributed by atoms with Crippen LogP contribution in [0.15, 0.2) is 71.6 Å². The molecular formula is C31H31FN2O7S. The quantitative estimate of drug-likeness (QED) is 0.221. The number of anilines is 1. The zero-order valence-electron chi connectivity index (χ0n) is 23.5. The van der Waals surface area contributed by atoms with Crippen molar-refractivity contribution in [3.05, 3.63) is 89.2 Å². The molecule has 0 N–H and O–H groups in total. The van der Waals surface area contributed by atoms with Crippen LogP contribution < -0.4 is 9.64 Å². The zero-order valence-corrected chi connectivity index (χ0v) is 24.3. The van der Waals surface area contributed by atoms with Crippen molar-refractivity contribution in [2.24, 2.45) is 0 Å². The number of hydrogen-bond donors (Lipinski definition) is 0. The summed E-state index contributed by atoms with van der Waals surface area (Å²) in [6.07, 6.45) is 0. The summed E-state index contributed by atoms with van der Waals surface area (Å²) < 4.78 is 59.1. The molecular weight excluding hydrogens is 563 g/mol. The molecule has 1 unspecified atom stereocenters. The van der Waals surface area contributed by atoms with Gasteiger partial charge in [-0.05, 0) is 67.4 Å². The Kier molecular flexibility index (Phi) is 9.96. The predicted molar refractivity (Wildman–Crippen MR) is 154 cm³/mol. The molecule has 0 fully saturated rings. The number of benzene rings is 3. The molecule has 220 valence electrons. The predicted octanol–water partition coefficient (Wildman–Crippen LogP) is 3.95. The van der Waals surface area contributed by atoms with Crippen LogP contribution in [0.3, 0.4) is 0 Å². The van der Waals surface area contributed by atoms with E-state index in [0.717, 1.165) is 11.4 Å². The Morgan fingerprint density at radius 2 is 1.71 bits per heavy atom. The van der Waals surface area contributed by atoms with Gasteiger partial charge < -0.3 is 19.1 Å². The van der Waals surface area contributed by atoms with Gasteiger partial charge in [0.1, 0.15) is 30.8 Å². The van der Waals surface area contributed by atoms with E-state index >= 15 is 0 Å². The molecule has 11 heteroatoms. The second kappa shape index (κ2) is 13.6. The lowest BCUT2D eigenvalue weighted by Gasteiger charge is -2.29. The van der Waals surface area contributed by atoms with Gasteiger partial charge in [0, 0.05) is 24.4 Å². The number of hydrogen-bond acceptors (Lipinski definition) is 7. The zero-order chi connectivity index (χ0) is 30.3. The average Bonchev–Trinajstić information content (AvgIpc) is 3.18. The summed E-state index contributed by atoms with van der Waals surface area (Å²) in [7, 11) is -3.13. The van der Waals surface area contributed by atoms with Gasteiger partial charge in [-0.15, -0.1) is 0 Å². The Bertz CT molecular complexity index is 1610. The average molecular weight is 595 g/mol. The van der Waals surface area contributed by atoms with Gasteiger partial charge in [-0.1, -0.05) is 36.1 Å². The number of halogens is 1. The van der Waals surface area contributed by atoms with Crippen LogP contribution >= 0.6 is 0 Å². The molecule has 42 heavy (non-hydrogen) atoms. The van der Waals surface area contributed by atoms with Gasteiger partial charge in [-0.25, -0.2) is 12.8 Å². The number of amides is 1. The van der Waals surface area contributed by atoms with Crippen molar-refractivity contribution in [1.82, 2.24) is 4.31 Å². The fourth-order valence-corrected chi connectivity index (χ4v) is 6.07. The molecule has 0 aromatic heterocycles. The molecule has 1 aliphatic rings. The molecule has 0 saturated carbocycles. The van der Waals surface area contributed by atoms with Crippen molar-refractivity contribution in [2.75, 3.05) is 38.4 Å². The van der Waals surface area contributed by atoms with Gasteiger partial charge in [0.25, 0.3) is 5.91 Å². The Labute approximate surface area is 244 Å². The van der Waals surface area contributed by atoms with Crippen LogP contribution in [0, 0.1) is 24.6 Å². The van der Waals surface area contributed by atoms with E-state index in [1.165, 1.54) is 54.3 Å². The van der Waals surface area contributed by atoms with E-state index in [2.05, 4.69) is 11.8 Å². The first-order chi connectivity index (χ1) is 20.2. The maximum Gasteiger partial charge on any atom is 0.326 e. The minimum absolute atomic E-state index is 0.0792. The SMILES string of the molecule is CCOCC#CCOc1ccc(S(=O)(=O)N2Cc3ccccc3N(C(=O)c3cccc(F)c3C)CC2C(=O)OC)cc1. The van der Waals surface area contributed by atoms with Crippen LogP contribution in [0.4, 0.5) is 10.1 Å². The molecule has 1 atom stereocenters. The van der Waals surface area contributed by atoms with Crippen molar-refractivity contribution < 1.29 is 36.6 Å². The van der Waals surface area contributed by atoms with Crippen molar-refractivity contribution in [1.29, 1.82) is 0 Å². The third-order valence-corrected chi connectivity index (χ3v) is 8.64. The van der Waals surface area contributed by atoms with Crippen LogP contribution in [-0.2, 0) is 30.8 Å². The van der Waals surface area contributed by atoms with Gasteiger partial charge in [0.05, 0.1) is 18.6 Å². The highest BCUT2D eigenvalue weighted by Crippen LogP contribution is 2.33. The van der Waals surface area contributed by atoms with Gasteiger partial charge in [0.2, 0.25) is 10.0 Å². The Morgan fingerprint density at radius 1 is 1.00 bits per heavy atom. The van der Waals surface area contributed by atoms with E-state index in [-0.39, 0.29) is 35.7 Å². The number of nitrogens with zero attached hydrogens (tertiary/aromatic N) is 2. The molecule has 0 aliphatic carbocycles. The van der Waals surface area contributed by atoms with Crippen molar-refractivity contribution in [3.8, 4) is 17.6 Å². The van der Waals surface area contributed by atoms with Gasteiger partial charge in [0.15, 0.2) is 0 Å². The summed E-state index contributed by atoms with van der Waals surface area (Å²) in [6, 6.07) is 15.3.